The Kier molecular flexibility index (Phi) is 2.70. The Morgan fingerprint density at radius 3 is 3.21 bits per heavy atom. The first-order valence-corrected chi connectivity index (χ1v) is 4.95. The number of aromatic nitrogens is 2. The highest BCUT2D eigenvalue weighted by Gasteiger charge is 2.05. The minimum absolute atomic E-state index is 0.580. The van der Waals surface area contributed by atoms with Crippen LogP contribution in [0.5, 0.6) is 0 Å². The molecule has 14 heavy (non-hydrogen) atoms. The van der Waals surface area contributed by atoms with Crippen molar-refractivity contribution in [3.05, 3.63) is 35.4 Å². The predicted octanol–water partition coefficient (Wildman–Crippen LogP) is 1.75. The van der Waals surface area contributed by atoms with E-state index in [1.54, 1.807) is 6.33 Å². The first kappa shape index (κ1) is 9.49. The monoisotopic (exact) mass is 209 g/mol. The summed E-state index contributed by atoms with van der Waals surface area (Å²) < 4.78 is 1.95. The summed E-state index contributed by atoms with van der Waals surface area (Å²) in [5, 5.41) is 3.70. The summed E-state index contributed by atoms with van der Waals surface area (Å²) in [6, 6.07) is 4.09. The first-order valence-electron chi connectivity index (χ1n) is 4.57. The van der Waals surface area contributed by atoms with Gasteiger partial charge in [0.1, 0.15) is 6.33 Å². The number of fused-ring (bicyclic) bond motifs is 1. The standard InChI is InChI=1S/C10H12ClN3/c1-12-5-4-8-3-2-6-14-7-13-10(11)9(8)14/h2-3,6-7,12H,4-5H2,1H3. The van der Waals surface area contributed by atoms with Crippen LogP contribution in [0.25, 0.3) is 5.52 Å². The van der Waals surface area contributed by atoms with Crippen molar-refractivity contribution in [2.45, 2.75) is 6.42 Å². The minimum atomic E-state index is 0.580. The number of hydrogen-bond donors (Lipinski definition) is 1. The summed E-state index contributed by atoms with van der Waals surface area (Å²) in [7, 11) is 1.94. The maximum Gasteiger partial charge on any atom is 0.155 e. The van der Waals surface area contributed by atoms with E-state index < -0.39 is 0 Å². The van der Waals surface area contributed by atoms with Crippen LogP contribution in [0.3, 0.4) is 0 Å². The Balaban J connectivity index is 2.46. The quantitative estimate of drug-likeness (QED) is 0.835. The number of nitrogens with one attached hydrogen (secondary N) is 1. The van der Waals surface area contributed by atoms with Crippen LogP contribution in [-0.2, 0) is 6.42 Å². The normalized spacial score (nSPS) is 11.0. The first-order chi connectivity index (χ1) is 6.83. The molecule has 2 aromatic heterocycles. The number of imidazole rings is 1. The van der Waals surface area contributed by atoms with Crippen LogP contribution in [0.15, 0.2) is 24.7 Å². The van der Waals surface area contributed by atoms with E-state index in [0.717, 1.165) is 18.5 Å². The molecule has 0 aliphatic rings. The van der Waals surface area contributed by atoms with Gasteiger partial charge in [-0.25, -0.2) is 4.98 Å². The van der Waals surface area contributed by atoms with Crippen LogP contribution in [0.1, 0.15) is 5.56 Å². The molecule has 0 saturated heterocycles. The Labute approximate surface area is 87.7 Å². The van der Waals surface area contributed by atoms with Crippen molar-refractivity contribution >= 4 is 17.1 Å². The lowest BCUT2D eigenvalue weighted by molar-refractivity contribution is 0.792. The molecule has 0 amide bonds. The number of rotatable bonds is 3. The fourth-order valence-corrected chi connectivity index (χ4v) is 1.80. The molecule has 0 aromatic carbocycles. The molecule has 3 nitrogen and oxygen atoms in total. The summed E-state index contributed by atoms with van der Waals surface area (Å²) in [5.74, 6) is 0. The molecule has 1 N–H and O–H groups in total. The molecule has 0 bridgehead atoms. The van der Waals surface area contributed by atoms with E-state index in [4.69, 9.17) is 11.6 Å². The smallest absolute Gasteiger partial charge is 0.155 e. The van der Waals surface area contributed by atoms with Crippen molar-refractivity contribution in [3.63, 3.8) is 0 Å². The number of hydrogen-bond acceptors (Lipinski definition) is 2. The number of nitrogens with zero attached hydrogens (tertiary/aromatic N) is 2. The van der Waals surface area contributed by atoms with Crippen molar-refractivity contribution in [1.82, 2.24) is 14.7 Å². The van der Waals surface area contributed by atoms with Gasteiger partial charge < -0.3 is 9.72 Å². The molecule has 74 valence electrons. The van der Waals surface area contributed by atoms with E-state index >= 15 is 0 Å². The van der Waals surface area contributed by atoms with Gasteiger partial charge in [-0.15, -0.1) is 0 Å². The molecule has 2 aromatic rings. The van der Waals surface area contributed by atoms with Crippen LogP contribution >= 0.6 is 11.6 Å². The molecular weight excluding hydrogens is 198 g/mol. The van der Waals surface area contributed by atoms with E-state index in [9.17, 15) is 0 Å². The number of halogens is 1. The zero-order chi connectivity index (χ0) is 9.97. The van der Waals surface area contributed by atoms with E-state index in [2.05, 4.69) is 16.4 Å². The predicted molar refractivity (Wildman–Crippen MR) is 57.8 cm³/mol. The van der Waals surface area contributed by atoms with Crippen LogP contribution in [0.4, 0.5) is 0 Å². The van der Waals surface area contributed by atoms with Gasteiger partial charge in [0.25, 0.3) is 0 Å². The Morgan fingerprint density at radius 1 is 1.57 bits per heavy atom. The lowest BCUT2D eigenvalue weighted by atomic mass is 10.1. The highest BCUT2D eigenvalue weighted by molar-refractivity contribution is 6.32. The molecular formula is C10H12ClN3. The molecule has 0 spiro atoms. The molecule has 0 atom stereocenters. The van der Waals surface area contributed by atoms with Crippen LogP contribution in [0.2, 0.25) is 5.15 Å². The zero-order valence-corrected chi connectivity index (χ0v) is 8.75. The van der Waals surface area contributed by atoms with Crippen molar-refractivity contribution in [3.8, 4) is 0 Å². The van der Waals surface area contributed by atoms with Crippen molar-refractivity contribution in [2.75, 3.05) is 13.6 Å². The Bertz CT molecular complexity index is 436. The maximum absolute atomic E-state index is 6.00. The zero-order valence-electron chi connectivity index (χ0n) is 8.00. The second-order valence-electron chi connectivity index (χ2n) is 3.18. The van der Waals surface area contributed by atoms with Gasteiger partial charge in [0.15, 0.2) is 5.15 Å². The van der Waals surface area contributed by atoms with Crippen LogP contribution in [-0.4, -0.2) is 23.0 Å². The third-order valence-electron chi connectivity index (χ3n) is 2.24. The summed E-state index contributed by atoms with van der Waals surface area (Å²) >= 11 is 6.00. The lowest BCUT2D eigenvalue weighted by Gasteiger charge is -2.03. The summed E-state index contributed by atoms with van der Waals surface area (Å²) in [4.78, 5) is 4.07. The molecule has 4 heteroatoms. The second kappa shape index (κ2) is 3.98. The summed E-state index contributed by atoms with van der Waals surface area (Å²) in [5.41, 5.74) is 2.24. The van der Waals surface area contributed by atoms with E-state index in [0.29, 0.717) is 5.15 Å². The third kappa shape index (κ3) is 1.61. The van der Waals surface area contributed by atoms with Crippen molar-refractivity contribution in [1.29, 1.82) is 0 Å². The van der Waals surface area contributed by atoms with Crippen LogP contribution in [0, 0.1) is 0 Å². The van der Waals surface area contributed by atoms with Crippen molar-refractivity contribution < 1.29 is 0 Å². The third-order valence-corrected chi connectivity index (χ3v) is 2.52. The van der Waals surface area contributed by atoms with Gasteiger partial charge in [0.2, 0.25) is 0 Å². The van der Waals surface area contributed by atoms with Gasteiger partial charge in [0, 0.05) is 6.20 Å². The highest BCUT2D eigenvalue weighted by Crippen LogP contribution is 2.19. The van der Waals surface area contributed by atoms with Gasteiger partial charge in [0.05, 0.1) is 5.52 Å². The van der Waals surface area contributed by atoms with Gasteiger partial charge in [-0.1, -0.05) is 17.7 Å². The molecule has 2 rings (SSSR count). The molecule has 0 fully saturated rings. The summed E-state index contributed by atoms with van der Waals surface area (Å²) in [6.07, 6.45) is 4.66. The highest BCUT2D eigenvalue weighted by atomic mass is 35.5. The SMILES string of the molecule is CNCCc1cccn2cnc(Cl)c12. The van der Waals surface area contributed by atoms with E-state index in [1.807, 2.05) is 23.7 Å². The van der Waals surface area contributed by atoms with Gasteiger partial charge >= 0.3 is 0 Å². The van der Waals surface area contributed by atoms with E-state index in [-0.39, 0.29) is 0 Å². The fraction of sp³-hybridized carbons (Fsp3) is 0.300. The Hall–Kier alpha value is -1.06. The van der Waals surface area contributed by atoms with Crippen molar-refractivity contribution in [2.24, 2.45) is 0 Å². The average molecular weight is 210 g/mol. The van der Waals surface area contributed by atoms with Crippen LogP contribution < -0.4 is 5.32 Å². The summed E-state index contributed by atoms with van der Waals surface area (Å²) in [6.45, 7) is 0.946. The minimum Gasteiger partial charge on any atom is -0.319 e. The number of likely N-dealkylation sites (N-methyl/N-ethyl adjacent to an activating group) is 1. The van der Waals surface area contributed by atoms with E-state index in [1.165, 1.54) is 5.56 Å². The van der Waals surface area contributed by atoms with Gasteiger partial charge in [-0.2, -0.15) is 0 Å². The second-order valence-corrected chi connectivity index (χ2v) is 3.54. The average Bonchev–Trinajstić information content (AvgIpc) is 2.58. The fourth-order valence-electron chi connectivity index (χ4n) is 1.54. The largest absolute Gasteiger partial charge is 0.319 e. The Morgan fingerprint density at radius 2 is 2.43 bits per heavy atom. The molecule has 2 heterocycles. The molecule has 0 aliphatic carbocycles. The lowest BCUT2D eigenvalue weighted by Crippen LogP contribution is -2.10. The molecule has 0 radical (unpaired) electrons. The van der Waals surface area contributed by atoms with Gasteiger partial charge in [-0.3, -0.25) is 0 Å². The topological polar surface area (TPSA) is 29.3 Å². The van der Waals surface area contributed by atoms with Gasteiger partial charge in [-0.05, 0) is 31.6 Å². The maximum atomic E-state index is 6.00. The molecule has 0 saturated carbocycles. The molecule has 0 aliphatic heterocycles. The number of pyridine rings is 1. The molecule has 0 unspecified atom stereocenters.